The molecule has 0 amide bonds. The normalized spacial score (nSPS) is 44.3. The highest BCUT2D eigenvalue weighted by Gasteiger charge is 2.49. The van der Waals surface area contributed by atoms with Gasteiger partial charge in [-0.05, 0) is 74.7 Å². The van der Waals surface area contributed by atoms with Crippen molar-refractivity contribution in [2.45, 2.75) is 58.5 Å². The van der Waals surface area contributed by atoms with E-state index in [2.05, 4.69) is 13.8 Å². The summed E-state index contributed by atoms with van der Waals surface area (Å²) in [6.07, 6.45) is 8.10. The smallest absolute Gasteiger partial charge is 0.0606 e. The standard InChI is InChI=1S/C16H29NO/c1-16(2,9-17)15(18)8-14-12-4-10-3-11(6-12)7-13(14)5-10/h10-15,18H,3-9,17H2,1-2H3. The van der Waals surface area contributed by atoms with Crippen LogP contribution >= 0.6 is 0 Å². The molecule has 0 aromatic rings. The molecule has 2 nitrogen and oxygen atoms in total. The summed E-state index contributed by atoms with van der Waals surface area (Å²) in [6, 6.07) is 0. The Morgan fingerprint density at radius 3 is 2.00 bits per heavy atom. The lowest BCUT2D eigenvalue weighted by Crippen LogP contribution is -2.48. The van der Waals surface area contributed by atoms with Crippen molar-refractivity contribution in [1.82, 2.24) is 0 Å². The van der Waals surface area contributed by atoms with Crippen LogP contribution in [0, 0.1) is 35.0 Å². The topological polar surface area (TPSA) is 46.2 Å². The van der Waals surface area contributed by atoms with E-state index in [1.54, 1.807) is 0 Å². The van der Waals surface area contributed by atoms with Crippen molar-refractivity contribution >= 4 is 0 Å². The Bertz CT molecular complexity index is 284. The maximum atomic E-state index is 10.5. The van der Waals surface area contributed by atoms with E-state index in [4.69, 9.17) is 5.73 Å². The van der Waals surface area contributed by atoms with Gasteiger partial charge in [0, 0.05) is 5.41 Å². The Labute approximate surface area is 111 Å². The molecule has 4 saturated carbocycles. The lowest BCUT2D eigenvalue weighted by molar-refractivity contribution is -0.0696. The molecule has 1 atom stereocenters. The van der Waals surface area contributed by atoms with Gasteiger partial charge in [0.2, 0.25) is 0 Å². The van der Waals surface area contributed by atoms with Crippen LogP contribution in [0.1, 0.15) is 52.4 Å². The van der Waals surface area contributed by atoms with Crippen LogP contribution in [0.5, 0.6) is 0 Å². The molecular weight excluding hydrogens is 222 g/mol. The minimum Gasteiger partial charge on any atom is -0.393 e. The molecule has 4 aliphatic carbocycles. The maximum absolute atomic E-state index is 10.5. The molecule has 4 fully saturated rings. The first-order valence-electron chi connectivity index (χ1n) is 7.87. The predicted octanol–water partition coefficient (Wildman–Crippen LogP) is 2.79. The quantitative estimate of drug-likeness (QED) is 0.807. The second-order valence-corrected chi connectivity index (χ2v) is 8.04. The molecule has 4 rings (SSSR count). The van der Waals surface area contributed by atoms with Gasteiger partial charge in [-0.1, -0.05) is 13.8 Å². The highest BCUT2D eigenvalue weighted by Crippen LogP contribution is 2.57. The van der Waals surface area contributed by atoms with Gasteiger partial charge < -0.3 is 10.8 Å². The van der Waals surface area contributed by atoms with Crippen molar-refractivity contribution in [3.8, 4) is 0 Å². The van der Waals surface area contributed by atoms with E-state index < -0.39 is 0 Å². The number of hydrogen-bond donors (Lipinski definition) is 2. The van der Waals surface area contributed by atoms with E-state index in [1.165, 1.54) is 32.1 Å². The predicted molar refractivity (Wildman–Crippen MR) is 74.0 cm³/mol. The van der Waals surface area contributed by atoms with Crippen molar-refractivity contribution in [2.75, 3.05) is 6.54 Å². The minimum absolute atomic E-state index is 0.116. The Balaban J connectivity index is 1.67. The number of aliphatic hydroxyl groups is 1. The second kappa shape index (κ2) is 4.49. The Morgan fingerprint density at radius 1 is 1.06 bits per heavy atom. The average Bonchev–Trinajstić information content (AvgIpc) is 2.32. The van der Waals surface area contributed by atoms with E-state index in [0.717, 1.165) is 36.0 Å². The van der Waals surface area contributed by atoms with Gasteiger partial charge in [-0.3, -0.25) is 0 Å². The van der Waals surface area contributed by atoms with Gasteiger partial charge in [0.1, 0.15) is 0 Å². The summed E-state index contributed by atoms with van der Waals surface area (Å²) < 4.78 is 0. The summed E-state index contributed by atoms with van der Waals surface area (Å²) in [4.78, 5) is 0. The molecule has 0 radical (unpaired) electrons. The maximum Gasteiger partial charge on any atom is 0.0606 e. The van der Waals surface area contributed by atoms with Crippen molar-refractivity contribution in [3.63, 3.8) is 0 Å². The molecule has 1 unspecified atom stereocenters. The molecule has 0 spiro atoms. The number of nitrogens with two attached hydrogens (primary N) is 1. The van der Waals surface area contributed by atoms with Gasteiger partial charge in [0.15, 0.2) is 0 Å². The third-order valence-corrected chi connectivity index (χ3v) is 6.35. The van der Waals surface area contributed by atoms with Gasteiger partial charge in [-0.2, -0.15) is 0 Å². The molecule has 0 aromatic carbocycles. The van der Waals surface area contributed by atoms with Crippen LogP contribution in [0.3, 0.4) is 0 Å². The highest BCUT2D eigenvalue weighted by molar-refractivity contribution is 4.99. The van der Waals surface area contributed by atoms with Crippen LogP contribution in [0.4, 0.5) is 0 Å². The van der Waals surface area contributed by atoms with Crippen molar-refractivity contribution in [1.29, 1.82) is 0 Å². The summed E-state index contributed by atoms with van der Waals surface area (Å²) in [5.74, 6) is 4.69. The van der Waals surface area contributed by atoms with Gasteiger partial charge in [0.05, 0.1) is 6.10 Å². The molecule has 0 aromatic heterocycles. The third-order valence-electron chi connectivity index (χ3n) is 6.35. The number of rotatable bonds is 4. The van der Waals surface area contributed by atoms with Crippen LogP contribution in [-0.2, 0) is 0 Å². The molecule has 3 N–H and O–H groups in total. The molecule has 18 heavy (non-hydrogen) atoms. The molecule has 0 heterocycles. The van der Waals surface area contributed by atoms with E-state index in [-0.39, 0.29) is 11.5 Å². The van der Waals surface area contributed by atoms with E-state index in [9.17, 15) is 5.11 Å². The van der Waals surface area contributed by atoms with Gasteiger partial charge in [-0.25, -0.2) is 0 Å². The van der Waals surface area contributed by atoms with Gasteiger partial charge in [0.25, 0.3) is 0 Å². The average molecular weight is 251 g/mol. The largest absolute Gasteiger partial charge is 0.393 e. The van der Waals surface area contributed by atoms with E-state index in [1.807, 2.05) is 0 Å². The molecule has 4 aliphatic rings. The fraction of sp³-hybridized carbons (Fsp3) is 1.00. The van der Waals surface area contributed by atoms with Crippen molar-refractivity contribution in [3.05, 3.63) is 0 Å². The molecule has 104 valence electrons. The Morgan fingerprint density at radius 2 is 1.56 bits per heavy atom. The first kappa shape index (κ1) is 12.9. The van der Waals surface area contributed by atoms with Gasteiger partial charge >= 0.3 is 0 Å². The van der Waals surface area contributed by atoms with E-state index in [0.29, 0.717) is 6.54 Å². The molecule has 0 aliphatic heterocycles. The summed E-state index contributed by atoms with van der Waals surface area (Å²) in [5, 5.41) is 10.5. The molecular formula is C16H29NO. The first-order chi connectivity index (χ1) is 8.49. The number of hydrogen-bond acceptors (Lipinski definition) is 2. The molecule has 4 bridgehead atoms. The fourth-order valence-corrected chi connectivity index (χ4v) is 5.14. The summed E-state index contributed by atoms with van der Waals surface area (Å²) in [7, 11) is 0. The highest BCUT2D eigenvalue weighted by atomic mass is 16.3. The van der Waals surface area contributed by atoms with Crippen LogP contribution in [-0.4, -0.2) is 17.8 Å². The van der Waals surface area contributed by atoms with Gasteiger partial charge in [-0.15, -0.1) is 0 Å². The summed E-state index contributed by atoms with van der Waals surface area (Å²) in [6.45, 7) is 4.79. The molecule has 0 saturated heterocycles. The van der Waals surface area contributed by atoms with Crippen LogP contribution in [0.2, 0.25) is 0 Å². The second-order valence-electron chi connectivity index (χ2n) is 8.04. The Kier molecular flexibility index (Phi) is 3.22. The zero-order valence-electron chi connectivity index (χ0n) is 11.9. The van der Waals surface area contributed by atoms with Crippen LogP contribution in [0.25, 0.3) is 0 Å². The first-order valence-corrected chi connectivity index (χ1v) is 7.87. The third kappa shape index (κ3) is 2.12. The lowest BCUT2D eigenvalue weighted by Gasteiger charge is -2.55. The minimum atomic E-state index is -0.218. The zero-order valence-corrected chi connectivity index (χ0v) is 11.9. The fourth-order valence-electron chi connectivity index (χ4n) is 5.14. The van der Waals surface area contributed by atoms with E-state index >= 15 is 0 Å². The monoisotopic (exact) mass is 251 g/mol. The zero-order chi connectivity index (χ0) is 12.9. The Hall–Kier alpha value is -0.0800. The van der Waals surface area contributed by atoms with Crippen LogP contribution in [0.15, 0.2) is 0 Å². The summed E-state index contributed by atoms with van der Waals surface area (Å²) >= 11 is 0. The van der Waals surface area contributed by atoms with Crippen LogP contribution < -0.4 is 5.73 Å². The van der Waals surface area contributed by atoms with Crippen molar-refractivity contribution in [2.24, 2.45) is 40.7 Å². The lowest BCUT2D eigenvalue weighted by atomic mass is 9.50. The number of aliphatic hydroxyl groups excluding tert-OH is 1. The van der Waals surface area contributed by atoms with Crippen molar-refractivity contribution < 1.29 is 5.11 Å². The SMILES string of the molecule is CC(C)(CN)C(O)CC1C2CC3CC(C2)CC1C3. The molecule has 2 heteroatoms. The summed E-state index contributed by atoms with van der Waals surface area (Å²) in [5.41, 5.74) is 5.68.